The standard InChI is InChI=1S/C21H19ClF3N2O6P/c1-30-15-11-9-13(10-12-15)20(34(29,31-2)32-3)33-19(28)16-17(21(23,24)25)26-27(18(16)22)14-7-5-4-6-8-14/h4-12,20H,1-3H3/t20-/m1/s1. The van der Waals surface area contributed by atoms with Crippen LogP contribution in [0.5, 0.6) is 5.75 Å². The van der Waals surface area contributed by atoms with Gasteiger partial charge in [0.1, 0.15) is 16.5 Å². The quantitative estimate of drug-likeness (QED) is 0.271. The lowest BCUT2D eigenvalue weighted by Crippen LogP contribution is -2.18. The zero-order valence-electron chi connectivity index (χ0n) is 18.1. The van der Waals surface area contributed by atoms with Gasteiger partial charge in [-0.2, -0.15) is 18.3 Å². The maximum absolute atomic E-state index is 13.8. The Morgan fingerprint density at radius 2 is 1.62 bits per heavy atom. The molecule has 3 rings (SSSR count). The SMILES string of the molecule is COc1ccc([C@H](OC(=O)c2c(C(F)(F)F)nn(-c3ccccc3)c2Cl)P(=O)(OC)OC)cc1. The van der Waals surface area contributed by atoms with E-state index in [1.54, 1.807) is 18.2 Å². The molecule has 0 aliphatic rings. The largest absolute Gasteiger partial charge is 0.497 e. The van der Waals surface area contributed by atoms with E-state index in [2.05, 4.69) is 5.10 Å². The van der Waals surface area contributed by atoms with E-state index in [1.807, 2.05) is 0 Å². The first-order chi connectivity index (χ1) is 16.1. The molecular formula is C21H19ClF3N2O6P. The monoisotopic (exact) mass is 518 g/mol. The van der Waals surface area contributed by atoms with Gasteiger partial charge < -0.3 is 18.5 Å². The molecule has 34 heavy (non-hydrogen) atoms. The molecule has 0 saturated heterocycles. The van der Waals surface area contributed by atoms with Crippen molar-refractivity contribution in [3.63, 3.8) is 0 Å². The fraction of sp³-hybridized carbons (Fsp3) is 0.238. The topological polar surface area (TPSA) is 88.9 Å². The molecule has 3 aromatic rings. The van der Waals surface area contributed by atoms with Gasteiger partial charge in [0.05, 0.1) is 12.8 Å². The summed E-state index contributed by atoms with van der Waals surface area (Å²) in [5.41, 5.74) is -2.30. The Labute approximate surface area is 197 Å². The molecule has 0 N–H and O–H groups in total. The van der Waals surface area contributed by atoms with Gasteiger partial charge in [-0.3, -0.25) is 4.57 Å². The van der Waals surface area contributed by atoms with Crippen molar-refractivity contribution in [3.8, 4) is 11.4 Å². The van der Waals surface area contributed by atoms with Crippen LogP contribution >= 0.6 is 19.2 Å². The van der Waals surface area contributed by atoms with E-state index >= 15 is 0 Å². The van der Waals surface area contributed by atoms with E-state index in [1.165, 1.54) is 43.5 Å². The number of alkyl halides is 3. The van der Waals surface area contributed by atoms with Crippen LogP contribution in [0.1, 0.15) is 27.5 Å². The smallest absolute Gasteiger partial charge is 0.436 e. The van der Waals surface area contributed by atoms with Crippen molar-refractivity contribution in [3.05, 3.63) is 76.6 Å². The first kappa shape index (κ1) is 25.8. The summed E-state index contributed by atoms with van der Waals surface area (Å²) in [4.78, 5) is 13.0. The number of aromatic nitrogens is 2. The van der Waals surface area contributed by atoms with Crippen molar-refractivity contribution in [1.82, 2.24) is 9.78 Å². The van der Waals surface area contributed by atoms with Crippen LogP contribution in [0.2, 0.25) is 5.15 Å². The summed E-state index contributed by atoms with van der Waals surface area (Å²) < 4.78 is 75.4. The molecule has 0 spiro atoms. The molecule has 0 radical (unpaired) electrons. The molecule has 0 aliphatic carbocycles. The maximum Gasteiger partial charge on any atom is 0.436 e. The van der Waals surface area contributed by atoms with Gasteiger partial charge in [0.2, 0.25) is 5.85 Å². The summed E-state index contributed by atoms with van der Waals surface area (Å²) >= 11 is 6.17. The summed E-state index contributed by atoms with van der Waals surface area (Å²) in [5, 5.41) is 2.85. The van der Waals surface area contributed by atoms with Gasteiger partial charge in [-0.05, 0) is 24.3 Å². The lowest BCUT2D eigenvalue weighted by molar-refractivity contribution is -0.141. The second kappa shape index (κ2) is 10.2. The Bertz CT molecular complexity index is 1190. The highest BCUT2D eigenvalue weighted by Gasteiger charge is 2.45. The van der Waals surface area contributed by atoms with E-state index in [0.717, 1.165) is 18.9 Å². The van der Waals surface area contributed by atoms with Gasteiger partial charge in [-0.25, -0.2) is 9.48 Å². The summed E-state index contributed by atoms with van der Waals surface area (Å²) in [5.74, 6) is -2.79. The van der Waals surface area contributed by atoms with Crippen LogP contribution in [0.3, 0.4) is 0 Å². The normalized spacial score (nSPS) is 12.9. The van der Waals surface area contributed by atoms with E-state index < -0.39 is 42.0 Å². The molecule has 1 heterocycles. The Morgan fingerprint density at radius 1 is 1.03 bits per heavy atom. The van der Waals surface area contributed by atoms with Gasteiger partial charge >= 0.3 is 19.7 Å². The molecule has 1 atom stereocenters. The molecule has 182 valence electrons. The van der Waals surface area contributed by atoms with Crippen LogP contribution in [0.25, 0.3) is 5.69 Å². The number of para-hydroxylation sites is 1. The van der Waals surface area contributed by atoms with Gasteiger partial charge in [-0.15, -0.1) is 0 Å². The molecule has 13 heteroatoms. The average molecular weight is 519 g/mol. The van der Waals surface area contributed by atoms with Crippen LogP contribution in [0.15, 0.2) is 54.6 Å². The average Bonchev–Trinajstić information content (AvgIpc) is 3.20. The third kappa shape index (κ3) is 5.12. The fourth-order valence-corrected chi connectivity index (χ4v) is 4.62. The Kier molecular flexibility index (Phi) is 7.72. The van der Waals surface area contributed by atoms with E-state index in [9.17, 15) is 22.5 Å². The highest BCUT2D eigenvalue weighted by molar-refractivity contribution is 7.54. The second-order valence-electron chi connectivity index (χ2n) is 6.70. The molecule has 0 amide bonds. The number of carbonyl (C=O) groups excluding carboxylic acids is 1. The van der Waals surface area contributed by atoms with E-state index in [-0.39, 0.29) is 11.3 Å². The van der Waals surface area contributed by atoms with Crippen LogP contribution in [0.4, 0.5) is 13.2 Å². The first-order valence-corrected chi connectivity index (χ1v) is 11.5. The molecular weight excluding hydrogens is 500 g/mol. The van der Waals surface area contributed by atoms with Gasteiger partial charge in [0, 0.05) is 19.8 Å². The Hall–Kier alpha value is -2.85. The second-order valence-corrected chi connectivity index (χ2v) is 9.33. The predicted molar refractivity (Wildman–Crippen MR) is 116 cm³/mol. The number of halogens is 4. The number of esters is 1. The minimum atomic E-state index is -5.04. The maximum atomic E-state index is 13.8. The molecule has 2 aromatic carbocycles. The third-order valence-corrected chi connectivity index (χ3v) is 7.06. The first-order valence-electron chi connectivity index (χ1n) is 9.53. The Morgan fingerprint density at radius 3 is 2.12 bits per heavy atom. The number of hydrogen-bond acceptors (Lipinski definition) is 7. The van der Waals surface area contributed by atoms with Crippen molar-refractivity contribution >= 4 is 25.2 Å². The molecule has 0 saturated carbocycles. The van der Waals surface area contributed by atoms with Gasteiger partial charge in [-0.1, -0.05) is 41.9 Å². The lowest BCUT2D eigenvalue weighted by Gasteiger charge is -2.24. The highest BCUT2D eigenvalue weighted by Crippen LogP contribution is 2.60. The number of hydrogen-bond donors (Lipinski definition) is 0. The van der Waals surface area contributed by atoms with Crippen molar-refractivity contribution in [2.75, 3.05) is 21.3 Å². The molecule has 0 bridgehead atoms. The number of methoxy groups -OCH3 is 1. The number of carbonyl (C=O) groups is 1. The molecule has 0 unspecified atom stereocenters. The summed E-state index contributed by atoms with van der Waals surface area (Å²) in [7, 11) is -0.642. The zero-order valence-corrected chi connectivity index (χ0v) is 19.7. The molecule has 0 aliphatic heterocycles. The summed E-state index contributed by atoms with van der Waals surface area (Å²) in [6.45, 7) is 0. The van der Waals surface area contributed by atoms with E-state index in [0.29, 0.717) is 5.75 Å². The van der Waals surface area contributed by atoms with Crippen LogP contribution in [-0.2, 0) is 24.5 Å². The summed E-state index contributed by atoms with van der Waals surface area (Å²) in [6.07, 6.45) is -5.04. The number of nitrogens with zero attached hydrogens (tertiary/aromatic N) is 2. The number of benzene rings is 2. The van der Waals surface area contributed by atoms with Crippen molar-refractivity contribution in [2.45, 2.75) is 12.0 Å². The zero-order chi connectivity index (χ0) is 25.1. The molecule has 1 aromatic heterocycles. The fourth-order valence-electron chi connectivity index (χ4n) is 3.03. The number of rotatable bonds is 8. The van der Waals surface area contributed by atoms with Crippen molar-refractivity contribution in [1.29, 1.82) is 0 Å². The third-order valence-electron chi connectivity index (χ3n) is 4.72. The van der Waals surface area contributed by atoms with Crippen molar-refractivity contribution < 1.29 is 41.1 Å². The number of ether oxygens (including phenoxy) is 2. The van der Waals surface area contributed by atoms with E-state index in [4.69, 9.17) is 30.1 Å². The van der Waals surface area contributed by atoms with Gasteiger partial charge in [0.15, 0.2) is 5.69 Å². The highest BCUT2D eigenvalue weighted by atomic mass is 35.5. The van der Waals surface area contributed by atoms with Crippen LogP contribution < -0.4 is 4.74 Å². The van der Waals surface area contributed by atoms with Crippen molar-refractivity contribution in [2.24, 2.45) is 0 Å². The predicted octanol–water partition coefficient (Wildman–Crippen LogP) is 5.89. The van der Waals surface area contributed by atoms with Crippen LogP contribution in [0, 0.1) is 0 Å². The summed E-state index contributed by atoms with van der Waals surface area (Å²) in [6, 6.07) is 13.4. The van der Waals surface area contributed by atoms with Crippen LogP contribution in [-0.4, -0.2) is 37.1 Å². The molecule has 0 fully saturated rings. The molecule has 8 nitrogen and oxygen atoms in total. The minimum Gasteiger partial charge on any atom is -0.497 e. The Balaban J connectivity index is 2.10. The lowest BCUT2D eigenvalue weighted by atomic mass is 10.2. The minimum absolute atomic E-state index is 0.126. The van der Waals surface area contributed by atoms with Gasteiger partial charge in [0.25, 0.3) is 0 Å².